The van der Waals surface area contributed by atoms with E-state index in [9.17, 15) is 18.1 Å². The second-order valence-corrected chi connectivity index (χ2v) is 9.11. The van der Waals surface area contributed by atoms with Crippen molar-refractivity contribution in [3.05, 3.63) is 35.4 Å². The molecule has 0 spiro atoms. The topological polar surface area (TPSA) is 52.6 Å². The summed E-state index contributed by atoms with van der Waals surface area (Å²) in [6.45, 7) is 9.15. The molecule has 0 atom stereocenters. The highest BCUT2D eigenvalue weighted by molar-refractivity contribution is 7.54. The summed E-state index contributed by atoms with van der Waals surface area (Å²) in [6.07, 6.45) is 0.540. The molecule has 0 aromatic heterocycles. The third-order valence-corrected chi connectivity index (χ3v) is 5.05. The van der Waals surface area contributed by atoms with Gasteiger partial charge in [0.15, 0.2) is 0 Å². The monoisotopic (exact) mass is 348 g/mol. The van der Waals surface area contributed by atoms with Crippen molar-refractivity contribution in [3.63, 3.8) is 0 Å². The van der Waals surface area contributed by atoms with E-state index < -0.39 is 30.0 Å². The van der Waals surface area contributed by atoms with E-state index in [2.05, 4.69) is 0 Å². The quantitative estimate of drug-likeness (QED) is 0.530. The Hall–Kier alpha value is -1.10. The molecule has 0 N–H and O–H groups in total. The first kappa shape index (κ1) is 19.9. The molecule has 23 heavy (non-hydrogen) atoms. The predicted molar refractivity (Wildman–Crippen MR) is 85.0 cm³/mol. The van der Waals surface area contributed by atoms with E-state index >= 15 is 0 Å². The summed E-state index contributed by atoms with van der Waals surface area (Å²) in [7, 11) is -4.83. The van der Waals surface area contributed by atoms with E-state index in [1.165, 1.54) is 53.7 Å². The maximum atomic E-state index is 14.9. The molecule has 0 saturated heterocycles. The average Bonchev–Trinajstić information content (AvgIpc) is 2.34. The summed E-state index contributed by atoms with van der Waals surface area (Å²) in [4.78, 5) is 10.6. The first-order chi connectivity index (χ1) is 10.2. The van der Waals surface area contributed by atoms with Crippen molar-refractivity contribution >= 4 is 13.9 Å². The lowest BCUT2D eigenvalue weighted by Gasteiger charge is -2.36. The SMILES string of the molecule is CC(C)(C)OP(=O)(OC(C)(C)C)C(F)(F)c1ccc(C=O)cc1. The largest absolute Gasteiger partial charge is 0.405 e. The molecule has 1 aromatic carbocycles. The Morgan fingerprint density at radius 1 is 0.913 bits per heavy atom. The van der Waals surface area contributed by atoms with Crippen LogP contribution >= 0.6 is 7.60 Å². The minimum Gasteiger partial charge on any atom is -0.298 e. The Balaban J connectivity index is 3.36. The lowest BCUT2D eigenvalue weighted by Crippen LogP contribution is -2.30. The van der Waals surface area contributed by atoms with Crippen molar-refractivity contribution in [2.75, 3.05) is 0 Å². The Kier molecular flexibility index (Phi) is 5.57. The normalized spacial score (nSPS) is 13.9. The Morgan fingerprint density at radius 2 is 1.30 bits per heavy atom. The van der Waals surface area contributed by atoms with Crippen LogP contribution in [0.1, 0.15) is 57.5 Å². The van der Waals surface area contributed by atoms with Gasteiger partial charge in [0, 0.05) is 11.1 Å². The maximum Gasteiger partial charge on any atom is 0.405 e. The van der Waals surface area contributed by atoms with E-state index in [0.717, 1.165) is 12.1 Å². The van der Waals surface area contributed by atoms with Crippen LogP contribution in [0.5, 0.6) is 0 Å². The van der Waals surface area contributed by atoms with Crippen molar-refractivity contribution in [1.82, 2.24) is 0 Å². The van der Waals surface area contributed by atoms with Gasteiger partial charge in [-0.05, 0) is 41.5 Å². The Bertz CT molecular complexity index is 578. The zero-order chi connectivity index (χ0) is 18.1. The lowest BCUT2D eigenvalue weighted by molar-refractivity contribution is -0.0213. The van der Waals surface area contributed by atoms with Crippen LogP contribution in [0.25, 0.3) is 0 Å². The molecule has 7 heteroatoms. The van der Waals surface area contributed by atoms with E-state index in [1.807, 2.05) is 0 Å². The summed E-state index contributed by atoms with van der Waals surface area (Å²) >= 11 is 0. The molecule has 0 aliphatic rings. The summed E-state index contributed by atoms with van der Waals surface area (Å²) in [6, 6.07) is 4.56. The summed E-state index contributed by atoms with van der Waals surface area (Å²) in [5.74, 6) is 0. The van der Waals surface area contributed by atoms with Gasteiger partial charge in [-0.2, -0.15) is 8.78 Å². The van der Waals surface area contributed by atoms with Crippen LogP contribution in [0.2, 0.25) is 0 Å². The second kappa shape index (κ2) is 6.42. The number of alkyl halides is 2. The minimum absolute atomic E-state index is 0.243. The van der Waals surface area contributed by atoms with Crippen LogP contribution in [-0.4, -0.2) is 17.5 Å². The van der Waals surface area contributed by atoms with E-state index in [-0.39, 0.29) is 5.56 Å². The highest BCUT2D eigenvalue weighted by atomic mass is 31.2. The van der Waals surface area contributed by atoms with Crippen molar-refractivity contribution in [1.29, 1.82) is 0 Å². The van der Waals surface area contributed by atoms with Crippen LogP contribution in [0.15, 0.2) is 24.3 Å². The number of hydrogen-bond acceptors (Lipinski definition) is 4. The van der Waals surface area contributed by atoms with Gasteiger partial charge in [0.2, 0.25) is 0 Å². The molecule has 0 aliphatic carbocycles. The van der Waals surface area contributed by atoms with Crippen LogP contribution in [0.3, 0.4) is 0 Å². The zero-order valence-electron chi connectivity index (χ0n) is 14.2. The molecule has 0 heterocycles. The van der Waals surface area contributed by atoms with Crippen molar-refractivity contribution in [2.24, 2.45) is 0 Å². The minimum atomic E-state index is -4.83. The Labute approximate surface area is 135 Å². The van der Waals surface area contributed by atoms with Gasteiger partial charge >= 0.3 is 13.3 Å². The summed E-state index contributed by atoms with van der Waals surface area (Å²) in [5, 5.41) is 0. The lowest BCUT2D eigenvalue weighted by atomic mass is 10.1. The standard InChI is InChI=1S/C16H23F2O4P/c1-14(2,3)21-23(20,22-15(4,5)6)16(17,18)13-9-7-12(11-19)8-10-13/h7-11H,1-6H3. The first-order valence-corrected chi connectivity index (χ1v) is 8.70. The molecule has 130 valence electrons. The second-order valence-electron chi connectivity index (χ2n) is 7.19. The summed E-state index contributed by atoms with van der Waals surface area (Å²) in [5.41, 5.74) is -6.32. The van der Waals surface area contributed by atoms with E-state index in [4.69, 9.17) is 9.05 Å². The Morgan fingerprint density at radius 3 is 1.61 bits per heavy atom. The number of carbonyl (C=O) groups excluding carboxylic acids is 1. The molecule has 0 amide bonds. The highest BCUT2D eigenvalue weighted by Gasteiger charge is 2.58. The van der Waals surface area contributed by atoms with Crippen molar-refractivity contribution in [3.8, 4) is 0 Å². The van der Waals surface area contributed by atoms with Crippen LogP contribution in [0.4, 0.5) is 8.78 Å². The van der Waals surface area contributed by atoms with Crippen LogP contribution in [-0.2, 0) is 19.3 Å². The predicted octanol–water partition coefficient (Wildman–Crippen LogP) is 5.37. The van der Waals surface area contributed by atoms with Crippen LogP contribution in [0, 0.1) is 0 Å². The van der Waals surface area contributed by atoms with Gasteiger partial charge in [0.25, 0.3) is 0 Å². The molecule has 0 aliphatic heterocycles. The smallest absolute Gasteiger partial charge is 0.298 e. The van der Waals surface area contributed by atoms with Gasteiger partial charge in [0.05, 0.1) is 11.2 Å². The fraction of sp³-hybridized carbons (Fsp3) is 0.562. The third-order valence-electron chi connectivity index (χ3n) is 2.53. The molecule has 0 bridgehead atoms. The highest BCUT2D eigenvalue weighted by Crippen LogP contribution is 2.69. The fourth-order valence-corrected chi connectivity index (χ4v) is 3.95. The van der Waals surface area contributed by atoms with Gasteiger partial charge in [-0.25, -0.2) is 0 Å². The number of benzene rings is 1. The molecule has 0 unspecified atom stereocenters. The number of rotatable bonds is 5. The average molecular weight is 348 g/mol. The van der Waals surface area contributed by atoms with Crippen LogP contribution < -0.4 is 0 Å². The number of aldehydes is 1. The number of hydrogen-bond donors (Lipinski definition) is 0. The molecule has 4 nitrogen and oxygen atoms in total. The molecule has 0 fully saturated rings. The van der Waals surface area contributed by atoms with Gasteiger partial charge in [0.1, 0.15) is 6.29 Å². The number of carbonyl (C=O) groups is 1. The number of halogens is 2. The fourth-order valence-electron chi connectivity index (χ4n) is 1.77. The van der Waals surface area contributed by atoms with Gasteiger partial charge < -0.3 is 0 Å². The molecule has 1 rings (SSSR count). The zero-order valence-corrected chi connectivity index (χ0v) is 15.1. The first-order valence-electron chi connectivity index (χ1n) is 7.15. The molecular weight excluding hydrogens is 325 g/mol. The van der Waals surface area contributed by atoms with E-state index in [0.29, 0.717) is 6.29 Å². The molecule has 0 radical (unpaired) electrons. The third kappa shape index (κ3) is 5.20. The molecule has 1 aromatic rings. The van der Waals surface area contributed by atoms with Gasteiger partial charge in [-0.3, -0.25) is 18.4 Å². The summed E-state index contributed by atoms with van der Waals surface area (Å²) < 4.78 is 53.1. The molecule has 0 saturated carbocycles. The van der Waals surface area contributed by atoms with Crippen molar-refractivity contribution in [2.45, 2.75) is 58.4 Å². The maximum absolute atomic E-state index is 14.9. The van der Waals surface area contributed by atoms with E-state index in [1.54, 1.807) is 0 Å². The van der Waals surface area contributed by atoms with Gasteiger partial charge in [-0.1, -0.05) is 24.3 Å². The molecular formula is C16H23F2O4P. The van der Waals surface area contributed by atoms with Gasteiger partial charge in [-0.15, -0.1) is 0 Å². The van der Waals surface area contributed by atoms with Crippen molar-refractivity contribution < 1.29 is 27.2 Å².